The summed E-state index contributed by atoms with van der Waals surface area (Å²) in [6.45, 7) is 0. The standard InChI is InChI=1S/C20H11ClO/c21-17-11-5-10-16-18-14-8-3-1-6-12(14)13-7-2-4-9-15(13)20(18)22-19(16)17/h1-11H. The van der Waals surface area contributed by atoms with E-state index in [1.54, 1.807) is 0 Å². The Balaban J connectivity index is 2.24. The first kappa shape index (κ1) is 12.1. The van der Waals surface area contributed by atoms with Crippen molar-refractivity contribution in [3.8, 4) is 0 Å². The molecule has 4 aromatic carbocycles. The lowest BCUT2D eigenvalue weighted by Gasteiger charge is -2.05. The van der Waals surface area contributed by atoms with Gasteiger partial charge in [-0.1, -0.05) is 72.3 Å². The fourth-order valence-corrected chi connectivity index (χ4v) is 3.61. The number of halogens is 1. The van der Waals surface area contributed by atoms with Gasteiger partial charge in [-0.3, -0.25) is 0 Å². The van der Waals surface area contributed by atoms with E-state index < -0.39 is 0 Å². The third kappa shape index (κ3) is 1.44. The van der Waals surface area contributed by atoms with Crippen molar-refractivity contribution in [3.05, 3.63) is 71.8 Å². The van der Waals surface area contributed by atoms with Crippen molar-refractivity contribution in [1.29, 1.82) is 0 Å². The lowest BCUT2D eigenvalue weighted by molar-refractivity contribution is 0.673. The Morgan fingerprint density at radius 2 is 1.14 bits per heavy atom. The molecule has 5 aromatic rings. The SMILES string of the molecule is Clc1cccc2c1oc1c3ccccc3c3ccccc3c21. The number of hydrogen-bond donors (Lipinski definition) is 0. The number of hydrogen-bond acceptors (Lipinski definition) is 1. The van der Waals surface area contributed by atoms with Gasteiger partial charge in [0.15, 0.2) is 5.58 Å². The second-order valence-corrected chi connectivity index (χ2v) is 5.92. The largest absolute Gasteiger partial charge is 0.454 e. The first-order valence-corrected chi connectivity index (χ1v) is 7.62. The van der Waals surface area contributed by atoms with Crippen LogP contribution < -0.4 is 0 Å². The minimum atomic E-state index is 0.655. The highest BCUT2D eigenvalue weighted by molar-refractivity contribution is 6.38. The van der Waals surface area contributed by atoms with Crippen LogP contribution in [0.1, 0.15) is 0 Å². The number of benzene rings is 4. The number of para-hydroxylation sites is 1. The molecule has 0 amide bonds. The van der Waals surface area contributed by atoms with Crippen molar-refractivity contribution in [1.82, 2.24) is 0 Å². The van der Waals surface area contributed by atoms with Crippen LogP contribution in [0.4, 0.5) is 0 Å². The van der Waals surface area contributed by atoms with Gasteiger partial charge in [-0.05, 0) is 22.2 Å². The van der Waals surface area contributed by atoms with E-state index in [9.17, 15) is 0 Å². The van der Waals surface area contributed by atoms with Crippen LogP contribution in [-0.2, 0) is 0 Å². The molecule has 0 saturated heterocycles. The summed E-state index contributed by atoms with van der Waals surface area (Å²) < 4.78 is 6.17. The molecular formula is C20H11ClO. The predicted octanol–water partition coefficient (Wildman–Crippen LogP) is 6.55. The van der Waals surface area contributed by atoms with Gasteiger partial charge in [0.25, 0.3) is 0 Å². The van der Waals surface area contributed by atoms with E-state index in [2.05, 4.69) is 48.5 Å². The van der Waals surface area contributed by atoms with Gasteiger partial charge in [0.1, 0.15) is 5.58 Å². The molecule has 2 heteroatoms. The normalized spacial score (nSPS) is 11.9. The molecule has 0 bridgehead atoms. The van der Waals surface area contributed by atoms with Crippen LogP contribution in [0, 0.1) is 0 Å². The fourth-order valence-electron chi connectivity index (χ4n) is 3.39. The van der Waals surface area contributed by atoms with E-state index >= 15 is 0 Å². The summed E-state index contributed by atoms with van der Waals surface area (Å²) in [6.07, 6.45) is 0. The first-order valence-electron chi connectivity index (χ1n) is 7.25. The average Bonchev–Trinajstić information content (AvgIpc) is 2.97. The lowest BCUT2D eigenvalue weighted by Crippen LogP contribution is -1.79. The Morgan fingerprint density at radius 1 is 0.545 bits per heavy atom. The Morgan fingerprint density at radius 3 is 1.91 bits per heavy atom. The molecule has 1 heterocycles. The van der Waals surface area contributed by atoms with Crippen molar-refractivity contribution >= 4 is 55.1 Å². The minimum absolute atomic E-state index is 0.655. The molecule has 1 nitrogen and oxygen atoms in total. The van der Waals surface area contributed by atoms with Crippen LogP contribution in [0.15, 0.2) is 71.1 Å². The molecular weight excluding hydrogens is 292 g/mol. The van der Waals surface area contributed by atoms with E-state index in [4.69, 9.17) is 16.0 Å². The molecule has 22 heavy (non-hydrogen) atoms. The van der Waals surface area contributed by atoms with Gasteiger partial charge < -0.3 is 4.42 Å². The molecule has 0 aliphatic carbocycles. The third-order valence-electron chi connectivity index (χ3n) is 4.33. The van der Waals surface area contributed by atoms with E-state index in [-0.39, 0.29) is 0 Å². The molecule has 0 aliphatic rings. The second kappa shape index (κ2) is 4.25. The maximum atomic E-state index is 6.34. The summed E-state index contributed by atoms with van der Waals surface area (Å²) >= 11 is 6.34. The predicted molar refractivity (Wildman–Crippen MR) is 93.7 cm³/mol. The summed E-state index contributed by atoms with van der Waals surface area (Å²) in [5, 5.41) is 7.66. The van der Waals surface area contributed by atoms with Gasteiger partial charge in [-0.15, -0.1) is 0 Å². The zero-order chi connectivity index (χ0) is 14.7. The van der Waals surface area contributed by atoms with E-state index in [1.165, 1.54) is 16.2 Å². The molecule has 0 unspecified atom stereocenters. The van der Waals surface area contributed by atoms with Crippen LogP contribution in [-0.4, -0.2) is 0 Å². The minimum Gasteiger partial charge on any atom is -0.454 e. The molecule has 5 rings (SSSR count). The highest BCUT2D eigenvalue weighted by Gasteiger charge is 2.16. The van der Waals surface area contributed by atoms with Crippen LogP contribution in [0.5, 0.6) is 0 Å². The van der Waals surface area contributed by atoms with Gasteiger partial charge in [-0.25, -0.2) is 0 Å². The Hall–Kier alpha value is -2.51. The van der Waals surface area contributed by atoms with Gasteiger partial charge in [0.2, 0.25) is 0 Å². The average molecular weight is 303 g/mol. The van der Waals surface area contributed by atoms with Gasteiger partial charge in [-0.2, -0.15) is 0 Å². The molecule has 1 aromatic heterocycles. The number of furan rings is 1. The number of rotatable bonds is 0. The second-order valence-electron chi connectivity index (χ2n) is 5.51. The molecule has 0 N–H and O–H groups in total. The van der Waals surface area contributed by atoms with Gasteiger partial charge in [0.05, 0.1) is 5.02 Å². The maximum Gasteiger partial charge on any atom is 0.154 e. The van der Waals surface area contributed by atoms with Crippen LogP contribution in [0.25, 0.3) is 43.5 Å². The van der Waals surface area contributed by atoms with E-state index in [0.717, 1.165) is 27.3 Å². The van der Waals surface area contributed by atoms with Crippen molar-refractivity contribution in [2.24, 2.45) is 0 Å². The summed E-state index contributed by atoms with van der Waals surface area (Å²) in [5.74, 6) is 0. The molecule has 0 fully saturated rings. The highest BCUT2D eigenvalue weighted by Crippen LogP contribution is 2.42. The molecule has 0 atom stereocenters. The quantitative estimate of drug-likeness (QED) is 0.296. The molecule has 0 saturated carbocycles. The lowest BCUT2D eigenvalue weighted by atomic mass is 9.97. The fraction of sp³-hybridized carbons (Fsp3) is 0. The number of fused-ring (bicyclic) bond motifs is 8. The molecule has 0 aliphatic heterocycles. The summed E-state index contributed by atoms with van der Waals surface area (Å²) in [7, 11) is 0. The zero-order valence-corrected chi connectivity index (χ0v) is 12.4. The van der Waals surface area contributed by atoms with Crippen molar-refractivity contribution < 1.29 is 4.42 Å². The topological polar surface area (TPSA) is 13.1 Å². The Labute approximate surface area is 131 Å². The molecule has 0 spiro atoms. The zero-order valence-electron chi connectivity index (χ0n) is 11.6. The summed E-state index contributed by atoms with van der Waals surface area (Å²) in [4.78, 5) is 0. The highest BCUT2D eigenvalue weighted by atomic mass is 35.5. The van der Waals surface area contributed by atoms with Crippen LogP contribution in [0.3, 0.4) is 0 Å². The monoisotopic (exact) mass is 302 g/mol. The summed E-state index contributed by atoms with van der Waals surface area (Å²) in [5.41, 5.74) is 1.68. The third-order valence-corrected chi connectivity index (χ3v) is 4.62. The van der Waals surface area contributed by atoms with E-state index in [1.807, 2.05) is 18.2 Å². The van der Waals surface area contributed by atoms with Crippen molar-refractivity contribution in [2.45, 2.75) is 0 Å². The smallest absolute Gasteiger partial charge is 0.154 e. The molecule has 104 valence electrons. The van der Waals surface area contributed by atoms with Gasteiger partial charge in [0, 0.05) is 16.2 Å². The Kier molecular flexibility index (Phi) is 2.33. The van der Waals surface area contributed by atoms with Crippen molar-refractivity contribution in [3.63, 3.8) is 0 Å². The van der Waals surface area contributed by atoms with Crippen molar-refractivity contribution in [2.75, 3.05) is 0 Å². The van der Waals surface area contributed by atoms with Crippen LogP contribution in [0.2, 0.25) is 5.02 Å². The molecule has 0 radical (unpaired) electrons. The first-order chi connectivity index (χ1) is 10.8. The van der Waals surface area contributed by atoms with Crippen LogP contribution >= 0.6 is 11.6 Å². The Bertz CT molecular complexity index is 1180. The maximum absolute atomic E-state index is 6.34. The summed E-state index contributed by atoms with van der Waals surface area (Å²) in [6, 6.07) is 22.8. The van der Waals surface area contributed by atoms with E-state index in [0.29, 0.717) is 5.02 Å². The van der Waals surface area contributed by atoms with Gasteiger partial charge >= 0.3 is 0 Å².